The first-order chi connectivity index (χ1) is 15.2. The predicted molar refractivity (Wildman–Crippen MR) is 128 cm³/mol. The van der Waals surface area contributed by atoms with Crippen molar-refractivity contribution in [2.45, 2.75) is 59.5 Å². The lowest BCUT2D eigenvalue weighted by Crippen LogP contribution is -2.33. The number of amides is 1. The molecule has 7 heteroatoms. The molecule has 0 saturated carbocycles. The first-order valence-corrected chi connectivity index (χ1v) is 11.4. The molecule has 1 amide bonds. The quantitative estimate of drug-likeness (QED) is 0.707. The Morgan fingerprint density at radius 2 is 1.88 bits per heavy atom. The average molecular weight is 440 g/mol. The number of hydrogen-bond donors (Lipinski definition) is 1. The Kier molecular flexibility index (Phi) is 7.72. The summed E-state index contributed by atoms with van der Waals surface area (Å²) in [7, 11) is 5.39. The third-order valence-electron chi connectivity index (χ3n) is 6.78. The Labute approximate surface area is 192 Å². The van der Waals surface area contributed by atoms with Crippen LogP contribution in [0.5, 0.6) is 5.75 Å². The number of likely N-dealkylation sites (tertiary alicyclic amines) is 1. The van der Waals surface area contributed by atoms with Crippen LogP contribution in [-0.4, -0.2) is 60.0 Å². The number of anilines is 1. The largest absolute Gasteiger partial charge is 0.496 e. The normalized spacial score (nSPS) is 15.0. The van der Waals surface area contributed by atoms with Gasteiger partial charge in [0.2, 0.25) is 5.91 Å². The number of rotatable bonds is 7. The number of carbonyl (C=O) groups is 1. The second kappa shape index (κ2) is 10.3. The van der Waals surface area contributed by atoms with Crippen molar-refractivity contribution in [2.75, 3.05) is 39.6 Å². The fourth-order valence-corrected chi connectivity index (χ4v) is 4.41. The smallest absolute Gasteiger partial charge is 0.219 e. The summed E-state index contributed by atoms with van der Waals surface area (Å²) < 4.78 is 5.53. The summed E-state index contributed by atoms with van der Waals surface area (Å²) in [4.78, 5) is 25.2. The highest BCUT2D eigenvalue weighted by Gasteiger charge is 2.24. The highest BCUT2D eigenvalue weighted by atomic mass is 16.5. The van der Waals surface area contributed by atoms with Crippen LogP contribution >= 0.6 is 0 Å². The Bertz CT molecular complexity index is 967. The Balaban J connectivity index is 1.70. The van der Waals surface area contributed by atoms with Crippen molar-refractivity contribution in [3.63, 3.8) is 0 Å². The van der Waals surface area contributed by atoms with Crippen LogP contribution in [0.3, 0.4) is 0 Å². The molecule has 3 rings (SSSR count). The zero-order chi connectivity index (χ0) is 23.4. The molecule has 1 aromatic carbocycles. The second-order valence-electron chi connectivity index (χ2n) is 8.89. The van der Waals surface area contributed by atoms with Crippen LogP contribution < -0.4 is 10.1 Å². The molecule has 32 heavy (non-hydrogen) atoms. The summed E-state index contributed by atoms with van der Waals surface area (Å²) in [5.41, 5.74) is 6.34. The fourth-order valence-electron chi connectivity index (χ4n) is 4.41. The van der Waals surface area contributed by atoms with E-state index in [1.807, 2.05) is 7.05 Å². The summed E-state index contributed by atoms with van der Waals surface area (Å²) in [6.07, 6.45) is 2.13. The Morgan fingerprint density at radius 3 is 2.47 bits per heavy atom. The minimum atomic E-state index is 0.0117. The summed E-state index contributed by atoms with van der Waals surface area (Å²) >= 11 is 0. The van der Waals surface area contributed by atoms with Crippen molar-refractivity contribution < 1.29 is 9.53 Å². The molecule has 1 saturated heterocycles. The van der Waals surface area contributed by atoms with Gasteiger partial charge in [-0.15, -0.1) is 0 Å². The lowest BCUT2D eigenvalue weighted by atomic mass is 9.91. The fraction of sp³-hybridized carbons (Fsp3) is 0.560. The van der Waals surface area contributed by atoms with Crippen molar-refractivity contribution in [1.29, 1.82) is 0 Å². The van der Waals surface area contributed by atoms with E-state index in [2.05, 4.69) is 48.1 Å². The van der Waals surface area contributed by atoms with Crippen LogP contribution in [0.4, 0.5) is 5.82 Å². The van der Waals surface area contributed by atoms with E-state index in [0.29, 0.717) is 18.3 Å². The van der Waals surface area contributed by atoms with Gasteiger partial charge in [0.05, 0.1) is 13.7 Å². The zero-order valence-electron chi connectivity index (χ0n) is 20.6. The molecule has 1 N–H and O–H groups in total. The van der Waals surface area contributed by atoms with Crippen molar-refractivity contribution >= 4 is 11.7 Å². The monoisotopic (exact) mass is 439 g/mol. The maximum atomic E-state index is 11.6. The molecule has 7 nitrogen and oxygen atoms in total. The lowest BCUT2D eigenvalue weighted by molar-refractivity contribution is -0.128. The zero-order valence-corrected chi connectivity index (χ0v) is 20.6. The topological polar surface area (TPSA) is 70.6 Å². The van der Waals surface area contributed by atoms with Gasteiger partial charge in [-0.05, 0) is 75.0 Å². The molecule has 0 radical (unpaired) electrons. The average Bonchev–Trinajstić information content (AvgIpc) is 2.79. The molecule has 174 valence electrons. The van der Waals surface area contributed by atoms with Crippen molar-refractivity contribution in [3.05, 3.63) is 45.9 Å². The molecular weight excluding hydrogens is 402 g/mol. The van der Waals surface area contributed by atoms with E-state index in [9.17, 15) is 4.79 Å². The molecule has 1 aliphatic heterocycles. The van der Waals surface area contributed by atoms with E-state index in [0.717, 1.165) is 49.7 Å². The van der Waals surface area contributed by atoms with Gasteiger partial charge in [0.25, 0.3) is 0 Å². The van der Waals surface area contributed by atoms with Crippen LogP contribution in [0, 0.1) is 20.8 Å². The highest BCUT2D eigenvalue weighted by molar-refractivity contribution is 5.72. The van der Waals surface area contributed by atoms with E-state index in [1.165, 1.54) is 22.3 Å². The van der Waals surface area contributed by atoms with E-state index in [4.69, 9.17) is 9.72 Å². The molecule has 0 unspecified atom stereocenters. The Hall–Kier alpha value is -2.67. The van der Waals surface area contributed by atoms with E-state index in [1.54, 1.807) is 26.0 Å². The van der Waals surface area contributed by atoms with E-state index < -0.39 is 0 Å². The standard InChI is InChI=1S/C25H37N5O2/c1-16-12-23(32-7)18(3)17(2)21(16)14-30-10-8-20(9-11-30)22-13-24(26-5)28-25(27-22)15-29(6)19(4)31/h12-13,20H,8-11,14-15H2,1-7H3,(H,26,27,28). The number of nitrogens with zero attached hydrogens (tertiary/aromatic N) is 4. The number of carbonyl (C=O) groups excluding carboxylic acids is 1. The highest BCUT2D eigenvalue weighted by Crippen LogP contribution is 2.32. The van der Waals surface area contributed by atoms with Gasteiger partial charge in [0.15, 0.2) is 0 Å². The van der Waals surface area contributed by atoms with Crippen molar-refractivity contribution in [3.8, 4) is 5.75 Å². The SMILES string of the molecule is CNc1cc(C2CCN(Cc3c(C)cc(OC)c(C)c3C)CC2)nc(CN(C)C(C)=O)n1. The molecular formula is C25H37N5O2. The predicted octanol–water partition coefficient (Wildman–Crippen LogP) is 3.81. The molecule has 2 aromatic rings. The van der Waals surface area contributed by atoms with E-state index >= 15 is 0 Å². The number of ether oxygens (including phenoxy) is 1. The third-order valence-corrected chi connectivity index (χ3v) is 6.78. The van der Waals surface area contributed by atoms with Gasteiger partial charge in [-0.3, -0.25) is 9.69 Å². The second-order valence-corrected chi connectivity index (χ2v) is 8.89. The summed E-state index contributed by atoms with van der Waals surface area (Å²) in [5.74, 6) is 2.88. The van der Waals surface area contributed by atoms with Gasteiger partial charge in [-0.2, -0.15) is 0 Å². The van der Waals surface area contributed by atoms with Crippen LogP contribution in [0.15, 0.2) is 12.1 Å². The van der Waals surface area contributed by atoms with Crippen molar-refractivity contribution in [2.24, 2.45) is 0 Å². The van der Waals surface area contributed by atoms with Gasteiger partial charge in [-0.1, -0.05) is 0 Å². The lowest BCUT2D eigenvalue weighted by Gasteiger charge is -2.33. The number of hydrogen-bond acceptors (Lipinski definition) is 6. The maximum absolute atomic E-state index is 11.6. The third kappa shape index (κ3) is 5.38. The van der Waals surface area contributed by atoms with Crippen molar-refractivity contribution in [1.82, 2.24) is 19.8 Å². The van der Waals surface area contributed by atoms with Crippen LogP contribution in [0.2, 0.25) is 0 Å². The summed E-state index contributed by atoms with van der Waals surface area (Å²) in [5, 5.41) is 3.14. The number of benzene rings is 1. The maximum Gasteiger partial charge on any atom is 0.219 e. The van der Waals surface area contributed by atoms with Gasteiger partial charge < -0.3 is 15.0 Å². The van der Waals surface area contributed by atoms with Crippen LogP contribution in [0.1, 0.15) is 59.5 Å². The van der Waals surface area contributed by atoms with Gasteiger partial charge in [0.1, 0.15) is 17.4 Å². The number of nitrogens with one attached hydrogen (secondary N) is 1. The number of piperidine rings is 1. The number of methoxy groups -OCH3 is 1. The van der Waals surface area contributed by atoms with Gasteiger partial charge in [0, 0.05) is 45.2 Å². The molecule has 0 bridgehead atoms. The first-order valence-electron chi connectivity index (χ1n) is 11.4. The molecule has 1 aliphatic rings. The van der Waals surface area contributed by atoms with Gasteiger partial charge >= 0.3 is 0 Å². The number of aryl methyl sites for hydroxylation is 1. The molecule has 0 aliphatic carbocycles. The molecule has 2 heterocycles. The molecule has 1 aromatic heterocycles. The summed E-state index contributed by atoms with van der Waals surface area (Å²) in [6, 6.07) is 4.21. The van der Waals surface area contributed by atoms with Crippen LogP contribution in [0.25, 0.3) is 0 Å². The van der Waals surface area contributed by atoms with Crippen LogP contribution in [-0.2, 0) is 17.9 Å². The number of aromatic nitrogens is 2. The molecule has 1 fully saturated rings. The van der Waals surface area contributed by atoms with E-state index in [-0.39, 0.29) is 5.91 Å². The summed E-state index contributed by atoms with van der Waals surface area (Å²) in [6.45, 7) is 11.5. The minimum absolute atomic E-state index is 0.0117. The first kappa shape index (κ1) is 24.0. The van der Waals surface area contributed by atoms with Gasteiger partial charge in [-0.25, -0.2) is 9.97 Å². The molecule has 0 spiro atoms. The minimum Gasteiger partial charge on any atom is -0.496 e. The molecule has 0 atom stereocenters. The Morgan fingerprint density at radius 1 is 1.19 bits per heavy atom.